The van der Waals surface area contributed by atoms with Crippen LogP contribution in [0.15, 0.2) is 12.7 Å². The number of allylic oxidation sites excluding steroid dienone is 1. The molecule has 0 aliphatic carbocycles. The molecule has 4 nitrogen and oxygen atoms in total. The van der Waals surface area contributed by atoms with Crippen molar-refractivity contribution >= 4 is 0 Å². The van der Waals surface area contributed by atoms with Crippen molar-refractivity contribution < 1.29 is 4.74 Å². The number of unbranched alkanes of at least 4 members (excludes halogenated alkanes) is 1. The van der Waals surface area contributed by atoms with Crippen molar-refractivity contribution in [3.8, 4) is 0 Å². The van der Waals surface area contributed by atoms with Crippen LogP contribution in [0.2, 0.25) is 0 Å². The fourth-order valence-electron chi connectivity index (χ4n) is 2.94. The lowest BCUT2D eigenvalue weighted by atomic mass is 10.0. The average Bonchev–Trinajstić information content (AvgIpc) is 2.82. The number of fused-ring (bicyclic) bond motifs is 1. The molecule has 3 atom stereocenters. The van der Waals surface area contributed by atoms with Crippen molar-refractivity contribution in [1.29, 1.82) is 0 Å². The van der Waals surface area contributed by atoms with Gasteiger partial charge >= 0.3 is 0 Å². The van der Waals surface area contributed by atoms with Gasteiger partial charge in [-0.25, -0.2) is 0 Å². The highest BCUT2D eigenvalue weighted by molar-refractivity contribution is 4.89. The third-order valence-corrected chi connectivity index (χ3v) is 4.00. The molecule has 0 aromatic carbocycles. The average molecular weight is 239 g/mol. The monoisotopic (exact) mass is 239 g/mol. The molecule has 2 heterocycles. The summed E-state index contributed by atoms with van der Waals surface area (Å²) in [6.45, 7) is 6.89. The number of rotatable bonds is 6. The summed E-state index contributed by atoms with van der Waals surface area (Å²) in [5, 5.41) is 0. The topological polar surface area (TPSA) is 50.5 Å². The van der Waals surface area contributed by atoms with Crippen LogP contribution in [0.5, 0.6) is 0 Å². The lowest BCUT2D eigenvalue weighted by Crippen LogP contribution is -2.55. The van der Waals surface area contributed by atoms with Crippen molar-refractivity contribution in [2.45, 2.75) is 50.3 Å². The van der Waals surface area contributed by atoms with Gasteiger partial charge in [-0.05, 0) is 38.6 Å². The molecule has 3 unspecified atom stereocenters. The third-order valence-electron chi connectivity index (χ3n) is 4.00. The van der Waals surface area contributed by atoms with Gasteiger partial charge in [-0.15, -0.1) is 6.58 Å². The predicted octanol–water partition coefficient (Wildman–Crippen LogP) is 1.04. The summed E-state index contributed by atoms with van der Waals surface area (Å²) in [4.78, 5) is 2.56. The van der Waals surface area contributed by atoms with Crippen molar-refractivity contribution in [3.05, 3.63) is 12.7 Å². The van der Waals surface area contributed by atoms with Crippen molar-refractivity contribution in [1.82, 2.24) is 10.3 Å². The molecule has 17 heavy (non-hydrogen) atoms. The first-order valence-corrected chi connectivity index (χ1v) is 6.78. The third kappa shape index (κ3) is 3.28. The Morgan fingerprint density at radius 3 is 3.24 bits per heavy atom. The number of hydrogen-bond acceptors (Lipinski definition) is 4. The second-order valence-electron chi connectivity index (χ2n) is 5.16. The molecule has 0 aromatic heterocycles. The lowest BCUT2D eigenvalue weighted by Gasteiger charge is -2.38. The van der Waals surface area contributed by atoms with Gasteiger partial charge in [-0.1, -0.05) is 6.08 Å². The molecule has 2 rings (SSSR count). The molecular weight excluding hydrogens is 214 g/mol. The number of ether oxygens (including phenoxy) is 1. The number of nitrogens with one attached hydrogen (secondary N) is 1. The van der Waals surface area contributed by atoms with E-state index in [0.29, 0.717) is 6.04 Å². The molecule has 0 saturated carbocycles. The standard InChI is InChI=1S/C13H25N3O/c1-2-3-4-7-12(15-14)13-9-16-8-5-6-11(16)10-17-13/h2,11-13,15H,1,3-10,14H2. The van der Waals surface area contributed by atoms with E-state index in [4.69, 9.17) is 10.6 Å². The molecule has 0 spiro atoms. The van der Waals surface area contributed by atoms with Crippen LogP contribution >= 0.6 is 0 Å². The quantitative estimate of drug-likeness (QED) is 0.315. The Morgan fingerprint density at radius 2 is 2.47 bits per heavy atom. The number of hydrazine groups is 1. The first kappa shape index (κ1) is 13.0. The minimum Gasteiger partial charge on any atom is -0.374 e. The second-order valence-corrected chi connectivity index (χ2v) is 5.16. The smallest absolute Gasteiger partial charge is 0.0868 e. The van der Waals surface area contributed by atoms with Crippen molar-refractivity contribution in [2.75, 3.05) is 19.7 Å². The van der Waals surface area contributed by atoms with E-state index in [0.717, 1.165) is 32.4 Å². The molecule has 0 bridgehead atoms. The predicted molar refractivity (Wildman–Crippen MR) is 69.5 cm³/mol. The molecule has 2 aliphatic heterocycles. The van der Waals surface area contributed by atoms with Gasteiger partial charge in [-0.2, -0.15) is 0 Å². The van der Waals surface area contributed by atoms with Crippen LogP contribution in [0.1, 0.15) is 32.1 Å². The Morgan fingerprint density at radius 1 is 1.59 bits per heavy atom. The van der Waals surface area contributed by atoms with Gasteiger partial charge in [0, 0.05) is 18.6 Å². The van der Waals surface area contributed by atoms with E-state index in [1.165, 1.54) is 19.4 Å². The molecule has 3 N–H and O–H groups in total. The zero-order valence-corrected chi connectivity index (χ0v) is 10.6. The maximum Gasteiger partial charge on any atom is 0.0868 e. The Hall–Kier alpha value is -0.420. The number of nitrogens with two attached hydrogens (primary N) is 1. The zero-order chi connectivity index (χ0) is 12.1. The van der Waals surface area contributed by atoms with E-state index in [1.54, 1.807) is 0 Å². The summed E-state index contributed by atoms with van der Waals surface area (Å²) in [5.74, 6) is 5.65. The highest BCUT2D eigenvalue weighted by Crippen LogP contribution is 2.24. The fraction of sp³-hybridized carbons (Fsp3) is 0.846. The molecule has 2 fully saturated rings. The normalized spacial score (nSPS) is 31.1. The van der Waals surface area contributed by atoms with Gasteiger partial charge in [0.15, 0.2) is 0 Å². The fourth-order valence-corrected chi connectivity index (χ4v) is 2.94. The van der Waals surface area contributed by atoms with Crippen molar-refractivity contribution in [3.63, 3.8) is 0 Å². The first-order chi connectivity index (χ1) is 8.35. The van der Waals surface area contributed by atoms with Crippen LogP contribution in [0.3, 0.4) is 0 Å². The lowest BCUT2D eigenvalue weighted by molar-refractivity contribution is -0.0658. The van der Waals surface area contributed by atoms with E-state index in [1.807, 2.05) is 6.08 Å². The first-order valence-electron chi connectivity index (χ1n) is 6.78. The van der Waals surface area contributed by atoms with Crippen LogP contribution in [-0.2, 0) is 4.74 Å². The van der Waals surface area contributed by atoms with Crippen molar-refractivity contribution in [2.24, 2.45) is 5.84 Å². The van der Waals surface area contributed by atoms with Gasteiger partial charge in [0.05, 0.1) is 12.7 Å². The van der Waals surface area contributed by atoms with Gasteiger partial charge in [0.25, 0.3) is 0 Å². The van der Waals surface area contributed by atoms with Gasteiger partial charge in [0.2, 0.25) is 0 Å². The summed E-state index contributed by atoms with van der Waals surface area (Å²) in [5.41, 5.74) is 2.92. The highest BCUT2D eigenvalue weighted by Gasteiger charge is 2.35. The Bertz CT molecular complexity index is 247. The van der Waals surface area contributed by atoms with Crippen LogP contribution in [-0.4, -0.2) is 42.8 Å². The molecule has 0 amide bonds. The van der Waals surface area contributed by atoms with E-state index >= 15 is 0 Å². The van der Waals surface area contributed by atoms with Crippen LogP contribution in [0.25, 0.3) is 0 Å². The van der Waals surface area contributed by atoms with Gasteiger partial charge in [-0.3, -0.25) is 16.2 Å². The number of nitrogens with zero attached hydrogens (tertiary/aromatic N) is 1. The molecule has 0 radical (unpaired) electrons. The summed E-state index contributed by atoms with van der Waals surface area (Å²) in [7, 11) is 0. The Kier molecular flexibility index (Phi) is 4.98. The maximum atomic E-state index is 5.97. The van der Waals surface area contributed by atoms with Crippen LogP contribution < -0.4 is 11.3 Å². The van der Waals surface area contributed by atoms with E-state index in [-0.39, 0.29) is 12.1 Å². The van der Waals surface area contributed by atoms with Gasteiger partial charge in [0.1, 0.15) is 0 Å². The van der Waals surface area contributed by atoms with E-state index in [2.05, 4.69) is 16.9 Å². The molecule has 2 saturated heterocycles. The maximum absolute atomic E-state index is 5.97. The molecule has 98 valence electrons. The summed E-state index contributed by atoms with van der Waals surface area (Å²) in [6.07, 6.45) is 8.07. The second kappa shape index (κ2) is 6.50. The van der Waals surface area contributed by atoms with Gasteiger partial charge < -0.3 is 4.74 Å². The SMILES string of the molecule is C=CCCCC(NN)C1CN2CCCC2CO1. The molecule has 0 aromatic rings. The van der Waals surface area contributed by atoms with Crippen LogP contribution in [0.4, 0.5) is 0 Å². The number of morpholine rings is 1. The molecule has 4 heteroatoms. The summed E-state index contributed by atoms with van der Waals surface area (Å²) < 4.78 is 5.97. The Labute approximate surface area is 104 Å². The minimum atomic E-state index is 0.249. The summed E-state index contributed by atoms with van der Waals surface area (Å²) in [6, 6.07) is 0.939. The number of hydrogen-bond donors (Lipinski definition) is 2. The molecule has 2 aliphatic rings. The summed E-state index contributed by atoms with van der Waals surface area (Å²) >= 11 is 0. The largest absolute Gasteiger partial charge is 0.374 e. The Balaban J connectivity index is 1.80. The highest BCUT2D eigenvalue weighted by atomic mass is 16.5. The zero-order valence-electron chi connectivity index (χ0n) is 10.6. The van der Waals surface area contributed by atoms with E-state index in [9.17, 15) is 0 Å². The van der Waals surface area contributed by atoms with E-state index < -0.39 is 0 Å². The molecular formula is C13H25N3O. The minimum absolute atomic E-state index is 0.249. The van der Waals surface area contributed by atoms with Crippen LogP contribution in [0, 0.1) is 0 Å².